The third-order valence-electron chi connectivity index (χ3n) is 6.18. The summed E-state index contributed by atoms with van der Waals surface area (Å²) in [5.41, 5.74) is 0.826. The van der Waals surface area contributed by atoms with E-state index in [1.54, 1.807) is 19.0 Å². The van der Waals surface area contributed by atoms with E-state index >= 15 is 0 Å². The summed E-state index contributed by atoms with van der Waals surface area (Å²) in [5.74, 6) is 3.21. The second kappa shape index (κ2) is 10.8. The Morgan fingerprint density at radius 1 is 1.43 bits per heavy atom. The highest BCUT2D eigenvalue weighted by atomic mass is 32.2. The highest BCUT2D eigenvalue weighted by Gasteiger charge is 2.43. The van der Waals surface area contributed by atoms with Crippen LogP contribution < -0.4 is 0 Å². The van der Waals surface area contributed by atoms with E-state index in [1.165, 1.54) is 5.57 Å². The molecule has 0 spiro atoms. The Morgan fingerprint density at radius 2 is 2.18 bits per heavy atom. The number of aliphatic hydroxyl groups is 2. The van der Waals surface area contributed by atoms with Gasteiger partial charge in [-0.2, -0.15) is 11.8 Å². The van der Waals surface area contributed by atoms with Crippen molar-refractivity contribution in [3.8, 4) is 0 Å². The minimum absolute atomic E-state index is 0.188. The number of nitrogens with zero attached hydrogens (tertiary/aromatic N) is 1. The Bertz CT molecular complexity index is 570. The van der Waals surface area contributed by atoms with Gasteiger partial charge in [-0.15, -0.1) is 0 Å². The molecule has 0 bridgehead atoms. The van der Waals surface area contributed by atoms with Crippen molar-refractivity contribution in [2.45, 2.75) is 70.5 Å². The molecule has 0 aromatic carbocycles. The molecule has 2 aliphatic rings. The minimum Gasteiger partial charge on any atom is -0.392 e. The molecule has 160 valence electrons. The maximum absolute atomic E-state index is 11.7. The summed E-state index contributed by atoms with van der Waals surface area (Å²) in [6, 6.07) is 0. The van der Waals surface area contributed by atoms with Crippen LogP contribution in [0.3, 0.4) is 0 Å². The third kappa shape index (κ3) is 6.93. The first-order valence-corrected chi connectivity index (χ1v) is 11.9. The molecule has 0 saturated heterocycles. The molecular formula is C23H39NO3S. The van der Waals surface area contributed by atoms with E-state index in [2.05, 4.69) is 25.2 Å². The van der Waals surface area contributed by atoms with Crippen molar-refractivity contribution in [3.63, 3.8) is 0 Å². The molecule has 4 nitrogen and oxygen atoms in total. The Labute approximate surface area is 175 Å². The van der Waals surface area contributed by atoms with Gasteiger partial charge in [0.25, 0.3) is 0 Å². The van der Waals surface area contributed by atoms with Crippen LogP contribution in [0.1, 0.15) is 58.8 Å². The van der Waals surface area contributed by atoms with E-state index in [4.69, 9.17) is 0 Å². The number of unbranched alkanes of at least 4 members (excludes halogenated alkanes) is 1. The van der Waals surface area contributed by atoms with E-state index in [-0.39, 0.29) is 17.9 Å². The molecular weight excluding hydrogens is 370 g/mol. The fourth-order valence-corrected chi connectivity index (χ4v) is 5.38. The molecule has 1 saturated carbocycles. The van der Waals surface area contributed by atoms with Gasteiger partial charge >= 0.3 is 0 Å². The highest BCUT2D eigenvalue weighted by Crippen LogP contribution is 2.47. The zero-order valence-corrected chi connectivity index (χ0v) is 18.9. The van der Waals surface area contributed by atoms with Crippen molar-refractivity contribution < 1.29 is 15.0 Å². The predicted molar refractivity (Wildman–Crippen MR) is 118 cm³/mol. The van der Waals surface area contributed by atoms with Gasteiger partial charge < -0.3 is 15.1 Å². The first-order valence-electron chi connectivity index (χ1n) is 10.8. The van der Waals surface area contributed by atoms with Crippen molar-refractivity contribution in [3.05, 3.63) is 23.8 Å². The number of aliphatic hydroxyl groups excluding tert-OH is 1. The molecule has 0 radical (unpaired) electrons. The summed E-state index contributed by atoms with van der Waals surface area (Å²) < 4.78 is 0. The average Bonchev–Trinajstić information content (AvgIpc) is 3.14. The van der Waals surface area contributed by atoms with Crippen LogP contribution in [0.15, 0.2) is 23.8 Å². The van der Waals surface area contributed by atoms with Crippen molar-refractivity contribution in [1.29, 1.82) is 0 Å². The molecule has 5 atom stereocenters. The fourth-order valence-electron chi connectivity index (χ4n) is 4.44. The third-order valence-corrected chi connectivity index (χ3v) is 7.25. The summed E-state index contributed by atoms with van der Waals surface area (Å²) in [6.07, 6.45) is 12.5. The van der Waals surface area contributed by atoms with Crippen molar-refractivity contribution in [2.24, 2.45) is 17.8 Å². The largest absolute Gasteiger partial charge is 0.392 e. The molecule has 0 unspecified atom stereocenters. The van der Waals surface area contributed by atoms with Crippen LogP contribution in [0.5, 0.6) is 0 Å². The van der Waals surface area contributed by atoms with Crippen LogP contribution in [0.2, 0.25) is 0 Å². The number of carbonyl (C=O) groups excluding carboxylic acids is 1. The molecule has 2 N–H and O–H groups in total. The monoisotopic (exact) mass is 409 g/mol. The van der Waals surface area contributed by atoms with Crippen LogP contribution in [-0.2, 0) is 4.79 Å². The number of amides is 1. The van der Waals surface area contributed by atoms with Gasteiger partial charge in [0.2, 0.25) is 5.91 Å². The van der Waals surface area contributed by atoms with E-state index < -0.39 is 5.60 Å². The lowest BCUT2D eigenvalue weighted by Crippen LogP contribution is -2.23. The smallest absolute Gasteiger partial charge is 0.222 e. The second-order valence-electron chi connectivity index (χ2n) is 9.06. The summed E-state index contributed by atoms with van der Waals surface area (Å²) >= 11 is 1.84. The molecule has 5 heteroatoms. The predicted octanol–water partition coefficient (Wildman–Crippen LogP) is 4.03. The van der Waals surface area contributed by atoms with Crippen LogP contribution in [0.25, 0.3) is 0 Å². The van der Waals surface area contributed by atoms with Gasteiger partial charge in [0.15, 0.2) is 0 Å². The van der Waals surface area contributed by atoms with Crippen LogP contribution in [-0.4, -0.2) is 58.3 Å². The number of hydrogen-bond donors (Lipinski definition) is 2. The van der Waals surface area contributed by atoms with E-state index in [1.807, 2.05) is 18.7 Å². The van der Waals surface area contributed by atoms with Gasteiger partial charge in [0.1, 0.15) is 0 Å². The first kappa shape index (κ1) is 23.5. The van der Waals surface area contributed by atoms with Crippen LogP contribution in [0, 0.1) is 17.8 Å². The number of carbonyl (C=O) groups is 1. The number of thioether (sulfide) groups is 1. The summed E-state index contributed by atoms with van der Waals surface area (Å²) in [6.45, 7) is 4.05. The Kier molecular flexibility index (Phi) is 9.10. The normalized spacial score (nSPS) is 29.0. The minimum atomic E-state index is -0.644. The second-order valence-corrected chi connectivity index (χ2v) is 10.2. The van der Waals surface area contributed by atoms with Gasteiger partial charge in [-0.1, -0.05) is 43.6 Å². The van der Waals surface area contributed by atoms with Gasteiger partial charge in [-0.3, -0.25) is 4.79 Å². The molecule has 0 aliphatic heterocycles. The van der Waals surface area contributed by atoms with E-state index in [9.17, 15) is 15.0 Å². The Morgan fingerprint density at radius 3 is 2.86 bits per heavy atom. The molecule has 1 fully saturated rings. The van der Waals surface area contributed by atoms with Crippen molar-refractivity contribution in [1.82, 2.24) is 4.90 Å². The molecule has 0 aromatic heterocycles. The van der Waals surface area contributed by atoms with Crippen molar-refractivity contribution >= 4 is 17.7 Å². The maximum atomic E-state index is 11.7. The topological polar surface area (TPSA) is 60.8 Å². The van der Waals surface area contributed by atoms with Gasteiger partial charge in [-0.25, -0.2) is 0 Å². The fraction of sp³-hybridized carbons (Fsp3) is 0.783. The van der Waals surface area contributed by atoms with Gasteiger partial charge in [0.05, 0.1) is 11.7 Å². The van der Waals surface area contributed by atoms with Crippen LogP contribution >= 0.6 is 11.8 Å². The average molecular weight is 410 g/mol. The van der Waals surface area contributed by atoms with Gasteiger partial charge in [-0.05, 0) is 44.4 Å². The Balaban J connectivity index is 1.78. The maximum Gasteiger partial charge on any atom is 0.222 e. The summed E-state index contributed by atoms with van der Waals surface area (Å²) in [5, 5.41) is 20.9. The zero-order chi connectivity index (χ0) is 20.7. The molecule has 2 rings (SSSR count). The van der Waals surface area contributed by atoms with Crippen molar-refractivity contribution in [2.75, 3.05) is 25.6 Å². The Hall–Kier alpha value is -0.780. The van der Waals surface area contributed by atoms with E-state index in [0.29, 0.717) is 24.7 Å². The van der Waals surface area contributed by atoms with Gasteiger partial charge in [0, 0.05) is 37.9 Å². The number of hydrogen-bond acceptors (Lipinski definition) is 4. The summed E-state index contributed by atoms with van der Waals surface area (Å²) in [4.78, 5) is 13.3. The quantitative estimate of drug-likeness (QED) is 0.400. The lowest BCUT2D eigenvalue weighted by atomic mass is 9.88. The lowest BCUT2D eigenvalue weighted by molar-refractivity contribution is -0.128. The lowest BCUT2D eigenvalue weighted by Gasteiger charge is -2.22. The molecule has 1 amide bonds. The SMILES string of the molecule is CCCC[C@](C)(O)CC=C[C@@H]1[C@H]2CC(CSCCC(=O)N(C)C)=C[C@H]2C[C@H]1O. The zero-order valence-electron chi connectivity index (χ0n) is 18.1. The number of rotatable bonds is 11. The summed E-state index contributed by atoms with van der Waals surface area (Å²) in [7, 11) is 3.60. The molecule has 0 aromatic rings. The molecule has 2 aliphatic carbocycles. The highest BCUT2D eigenvalue weighted by molar-refractivity contribution is 7.99. The number of fused-ring (bicyclic) bond motifs is 1. The van der Waals surface area contributed by atoms with E-state index in [0.717, 1.165) is 43.6 Å². The molecule has 28 heavy (non-hydrogen) atoms. The standard InChI is InChI=1S/C23H39NO3S/c1-5-6-10-23(2,27)11-7-8-19-20-14-17(13-18(20)15-21(19)25)16-28-12-9-22(26)24(3)4/h7-8,13,18-21,25,27H,5-6,9-12,14-16H2,1-4H3/t18-,19+,20-,21+,23-/m0/s1. The van der Waals surface area contributed by atoms with Crippen LogP contribution in [0.4, 0.5) is 0 Å². The number of allylic oxidation sites excluding steroid dienone is 1. The first-order chi connectivity index (χ1) is 13.2. The molecule has 0 heterocycles.